The zero-order valence-corrected chi connectivity index (χ0v) is 18.9. The number of rotatable bonds is 4. The zero-order chi connectivity index (χ0) is 23.0. The minimum Gasteiger partial charge on any atom is -0.444 e. The lowest BCUT2D eigenvalue weighted by Gasteiger charge is -2.22. The van der Waals surface area contributed by atoms with Gasteiger partial charge in [-0.15, -0.1) is 5.10 Å². The number of fused-ring (bicyclic) bond motifs is 2. The van der Waals surface area contributed by atoms with E-state index < -0.39 is 11.7 Å². The molecule has 0 radical (unpaired) electrons. The van der Waals surface area contributed by atoms with Crippen LogP contribution in [0.25, 0.3) is 22.2 Å². The van der Waals surface area contributed by atoms with E-state index in [0.717, 1.165) is 35.2 Å². The normalized spacial score (nSPS) is 16.5. The summed E-state index contributed by atoms with van der Waals surface area (Å²) in [5.41, 5.74) is 2.64. The number of anilines is 1. The second-order valence-corrected chi connectivity index (χ2v) is 9.23. The Bertz CT molecular complexity index is 1310. The van der Waals surface area contributed by atoms with Crippen LogP contribution >= 0.6 is 0 Å². The van der Waals surface area contributed by atoms with Crippen molar-refractivity contribution in [3.63, 3.8) is 0 Å². The van der Waals surface area contributed by atoms with Crippen LogP contribution in [0.1, 0.15) is 32.8 Å². The van der Waals surface area contributed by atoms with E-state index in [0.29, 0.717) is 24.4 Å². The Morgan fingerprint density at radius 1 is 1.24 bits per heavy atom. The van der Waals surface area contributed by atoms with E-state index in [1.54, 1.807) is 17.1 Å². The summed E-state index contributed by atoms with van der Waals surface area (Å²) in [7, 11) is 0. The standard InChI is InChI=1S/C23H26N8O2/c1-23(2,3)33-22(32)26-17-8-10-30(14-17)19-12-25-20-21(27-19)31(29-28-20)13-15-6-7-18-16(11-15)5-4-9-24-18/h4-7,9,11-12,17H,8,10,13-14H2,1-3H3,(H,26,32)/t17-/m1/s1. The number of aromatic nitrogens is 6. The number of benzene rings is 1. The second kappa shape index (κ2) is 8.27. The predicted octanol–water partition coefficient (Wildman–Crippen LogP) is 2.92. The molecule has 170 valence electrons. The van der Waals surface area contributed by atoms with Gasteiger partial charge in [0.2, 0.25) is 5.65 Å². The predicted molar refractivity (Wildman–Crippen MR) is 124 cm³/mol. The number of carbonyl (C=O) groups excluding carboxylic acids is 1. The Balaban J connectivity index is 1.31. The van der Waals surface area contributed by atoms with Gasteiger partial charge in [0.05, 0.1) is 24.3 Å². The summed E-state index contributed by atoms with van der Waals surface area (Å²) in [6, 6.07) is 10.1. The van der Waals surface area contributed by atoms with Crippen LogP contribution in [-0.4, -0.2) is 60.8 Å². The molecule has 0 spiro atoms. The molecule has 1 fully saturated rings. The summed E-state index contributed by atoms with van der Waals surface area (Å²) in [5, 5.41) is 12.4. The minimum absolute atomic E-state index is 0.00779. The van der Waals surface area contributed by atoms with E-state index >= 15 is 0 Å². The highest BCUT2D eigenvalue weighted by Crippen LogP contribution is 2.21. The van der Waals surface area contributed by atoms with Crippen molar-refractivity contribution in [1.29, 1.82) is 0 Å². The van der Waals surface area contributed by atoms with E-state index in [1.807, 2.05) is 45.0 Å². The van der Waals surface area contributed by atoms with Gasteiger partial charge in [0.1, 0.15) is 11.4 Å². The molecule has 4 aromatic rings. The zero-order valence-electron chi connectivity index (χ0n) is 18.9. The van der Waals surface area contributed by atoms with Crippen LogP contribution in [-0.2, 0) is 11.3 Å². The van der Waals surface area contributed by atoms with Gasteiger partial charge in [-0.1, -0.05) is 17.3 Å². The molecule has 10 nitrogen and oxygen atoms in total. The number of hydrogen-bond acceptors (Lipinski definition) is 8. The van der Waals surface area contributed by atoms with E-state index in [-0.39, 0.29) is 6.04 Å². The number of ether oxygens (including phenoxy) is 1. The van der Waals surface area contributed by atoms with Crippen molar-refractivity contribution in [1.82, 2.24) is 35.3 Å². The first-order valence-corrected chi connectivity index (χ1v) is 11.0. The highest BCUT2D eigenvalue weighted by atomic mass is 16.6. The molecule has 0 unspecified atom stereocenters. The third-order valence-corrected chi connectivity index (χ3v) is 5.45. The van der Waals surface area contributed by atoms with Gasteiger partial charge in [-0.25, -0.2) is 19.4 Å². The fourth-order valence-corrected chi connectivity index (χ4v) is 3.96. The van der Waals surface area contributed by atoms with E-state index in [2.05, 4.69) is 36.6 Å². The molecule has 1 aliphatic rings. The monoisotopic (exact) mass is 446 g/mol. The number of pyridine rings is 1. The van der Waals surface area contributed by atoms with Crippen LogP contribution in [0.2, 0.25) is 0 Å². The van der Waals surface area contributed by atoms with E-state index in [4.69, 9.17) is 9.72 Å². The smallest absolute Gasteiger partial charge is 0.407 e. The molecule has 1 aromatic carbocycles. The Morgan fingerprint density at radius 2 is 2.12 bits per heavy atom. The van der Waals surface area contributed by atoms with Gasteiger partial charge in [-0.3, -0.25) is 4.98 Å². The number of nitrogens with zero attached hydrogens (tertiary/aromatic N) is 7. The number of carbonyl (C=O) groups is 1. The number of nitrogens with one attached hydrogen (secondary N) is 1. The third-order valence-electron chi connectivity index (χ3n) is 5.45. The molecule has 0 saturated carbocycles. The van der Waals surface area contributed by atoms with E-state index in [9.17, 15) is 4.79 Å². The third kappa shape index (κ3) is 4.69. The number of alkyl carbamates (subject to hydrolysis) is 1. The van der Waals surface area contributed by atoms with Crippen LogP contribution in [0.5, 0.6) is 0 Å². The summed E-state index contributed by atoms with van der Waals surface area (Å²) >= 11 is 0. The lowest BCUT2D eigenvalue weighted by Crippen LogP contribution is -2.40. The maximum atomic E-state index is 12.1. The van der Waals surface area contributed by atoms with Crippen molar-refractivity contribution in [2.24, 2.45) is 0 Å². The highest BCUT2D eigenvalue weighted by Gasteiger charge is 2.27. The van der Waals surface area contributed by atoms with Gasteiger partial charge in [0, 0.05) is 24.7 Å². The summed E-state index contributed by atoms with van der Waals surface area (Å²) in [4.78, 5) is 27.8. The minimum atomic E-state index is -0.522. The molecule has 1 N–H and O–H groups in total. The Hall–Kier alpha value is -3.82. The average molecular weight is 447 g/mol. The number of amides is 1. The topological polar surface area (TPSA) is 111 Å². The molecular weight excluding hydrogens is 420 g/mol. The molecular formula is C23H26N8O2. The average Bonchev–Trinajstić information content (AvgIpc) is 3.39. The molecule has 5 rings (SSSR count). The van der Waals surface area contributed by atoms with Crippen molar-refractivity contribution in [2.75, 3.05) is 18.0 Å². The van der Waals surface area contributed by atoms with Crippen molar-refractivity contribution < 1.29 is 9.53 Å². The quantitative estimate of drug-likeness (QED) is 0.509. The van der Waals surface area contributed by atoms with Crippen LogP contribution in [0.15, 0.2) is 42.7 Å². The van der Waals surface area contributed by atoms with Crippen molar-refractivity contribution in [3.8, 4) is 0 Å². The Labute approximate surface area is 191 Å². The molecule has 33 heavy (non-hydrogen) atoms. The van der Waals surface area contributed by atoms with Crippen molar-refractivity contribution in [3.05, 3.63) is 48.3 Å². The molecule has 0 aliphatic carbocycles. The molecule has 10 heteroatoms. The maximum absolute atomic E-state index is 12.1. The Morgan fingerprint density at radius 3 is 2.97 bits per heavy atom. The SMILES string of the molecule is CC(C)(C)OC(=O)N[C@@H]1CCN(c2cnc3nnn(Cc4ccc5ncccc5c4)c3n2)C1. The van der Waals surface area contributed by atoms with Crippen molar-refractivity contribution >= 4 is 34.1 Å². The van der Waals surface area contributed by atoms with Gasteiger partial charge in [-0.2, -0.15) is 0 Å². The largest absolute Gasteiger partial charge is 0.444 e. The highest BCUT2D eigenvalue weighted by molar-refractivity contribution is 5.79. The molecule has 4 heterocycles. The fourth-order valence-electron chi connectivity index (χ4n) is 3.96. The van der Waals surface area contributed by atoms with Gasteiger partial charge in [0.15, 0.2) is 5.65 Å². The molecule has 1 saturated heterocycles. The van der Waals surface area contributed by atoms with Gasteiger partial charge in [0.25, 0.3) is 0 Å². The molecule has 1 aliphatic heterocycles. The van der Waals surface area contributed by atoms with Crippen LogP contribution in [0, 0.1) is 0 Å². The lowest BCUT2D eigenvalue weighted by atomic mass is 10.1. The first kappa shape index (κ1) is 21.0. The number of hydrogen-bond donors (Lipinski definition) is 1. The lowest BCUT2D eigenvalue weighted by molar-refractivity contribution is 0.0509. The van der Waals surface area contributed by atoms with Gasteiger partial charge in [-0.05, 0) is 51.0 Å². The van der Waals surface area contributed by atoms with Crippen molar-refractivity contribution in [2.45, 2.75) is 45.4 Å². The van der Waals surface area contributed by atoms with Gasteiger partial charge < -0.3 is 15.0 Å². The second-order valence-electron chi connectivity index (χ2n) is 9.23. The summed E-state index contributed by atoms with van der Waals surface area (Å²) in [6.45, 7) is 7.49. The molecule has 1 amide bonds. The molecule has 1 atom stereocenters. The Kier molecular flexibility index (Phi) is 5.27. The molecule has 0 bridgehead atoms. The van der Waals surface area contributed by atoms with Gasteiger partial charge >= 0.3 is 6.09 Å². The first-order valence-electron chi connectivity index (χ1n) is 11.0. The molecule has 3 aromatic heterocycles. The van der Waals surface area contributed by atoms with Crippen LogP contribution < -0.4 is 10.2 Å². The van der Waals surface area contributed by atoms with Crippen LogP contribution in [0.3, 0.4) is 0 Å². The van der Waals surface area contributed by atoms with Crippen LogP contribution in [0.4, 0.5) is 10.6 Å². The van der Waals surface area contributed by atoms with E-state index in [1.165, 1.54) is 0 Å². The maximum Gasteiger partial charge on any atom is 0.407 e. The first-order chi connectivity index (χ1) is 15.8. The summed E-state index contributed by atoms with van der Waals surface area (Å²) < 4.78 is 7.13. The summed E-state index contributed by atoms with van der Waals surface area (Å²) in [5.74, 6) is 0.738. The fraction of sp³-hybridized carbons (Fsp3) is 0.391. The summed E-state index contributed by atoms with van der Waals surface area (Å²) in [6.07, 6.45) is 3.90.